The minimum Gasteiger partial charge on any atom is -0.508 e. The van der Waals surface area contributed by atoms with Gasteiger partial charge in [0.2, 0.25) is 5.91 Å². The van der Waals surface area contributed by atoms with Crippen LogP contribution >= 0.6 is 0 Å². The van der Waals surface area contributed by atoms with Crippen LogP contribution in [0, 0.1) is 0 Å². The van der Waals surface area contributed by atoms with Gasteiger partial charge in [0.1, 0.15) is 5.75 Å². The van der Waals surface area contributed by atoms with E-state index in [4.69, 9.17) is 5.11 Å². The van der Waals surface area contributed by atoms with Crippen molar-refractivity contribution in [1.29, 1.82) is 0 Å². The number of aliphatic hydroxyl groups excluding tert-OH is 1. The standard InChI is InChI=1S/C12H17NO3/c1-9(6-7-14)13-12(16)8-10-4-2-3-5-11(10)15/h2-5,9,14-15H,6-8H2,1H3,(H,13,16). The van der Waals surface area contributed by atoms with Gasteiger partial charge in [-0.1, -0.05) is 18.2 Å². The Kier molecular flexibility index (Phi) is 4.79. The summed E-state index contributed by atoms with van der Waals surface area (Å²) in [6, 6.07) is 6.71. The Morgan fingerprint density at radius 3 is 2.75 bits per heavy atom. The lowest BCUT2D eigenvalue weighted by Crippen LogP contribution is -2.34. The molecule has 0 spiro atoms. The first kappa shape index (κ1) is 12.5. The molecular formula is C12H17NO3. The highest BCUT2D eigenvalue weighted by Gasteiger charge is 2.09. The maximum absolute atomic E-state index is 11.5. The molecular weight excluding hydrogens is 206 g/mol. The van der Waals surface area contributed by atoms with Gasteiger partial charge < -0.3 is 15.5 Å². The first-order valence-electron chi connectivity index (χ1n) is 5.30. The molecule has 1 amide bonds. The minimum atomic E-state index is -0.151. The summed E-state index contributed by atoms with van der Waals surface area (Å²) >= 11 is 0. The largest absolute Gasteiger partial charge is 0.508 e. The second kappa shape index (κ2) is 6.12. The number of aliphatic hydroxyl groups is 1. The van der Waals surface area contributed by atoms with Crippen molar-refractivity contribution in [3.05, 3.63) is 29.8 Å². The van der Waals surface area contributed by atoms with Crippen molar-refractivity contribution in [2.24, 2.45) is 0 Å². The van der Waals surface area contributed by atoms with Gasteiger partial charge in [0.05, 0.1) is 6.42 Å². The summed E-state index contributed by atoms with van der Waals surface area (Å²) in [6.07, 6.45) is 0.689. The third kappa shape index (κ3) is 3.90. The Labute approximate surface area is 94.9 Å². The normalized spacial score (nSPS) is 12.1. The van der Waals surface area contributed by atoms with Gasteiger partial charge in [0.25, 0.3) is 0 Å². The van der Waals surface area contributed by atoms with Gasteiger partial charge in [-0.15, -0.1) is 0 Å². The van der Waals surface area contributed by atoms with E-state index >= 15 is 0 Å². The summed E-state index contributed by atoms with van der Waals surface area (Å²) in [5.41, 5.74) is 0.608. The van der Waals surface area contributed by atoms with Crippen molar-refractivity contribution in [1.82, 2.24) is 5.32 Å². The van der Waals surface area contributed by atoms with Crippen LogP contribution < -0.4 is 5.32 Å². The van der Waals surface area contributed by atoms with E-state index in [0.717, 1.165) is 0 Å². The van der Waals surface area contributed by atoms with Crippen molar-refractivity contribution < 1.29 is 15.0 Å². The number of phenolic OH excluding ortho intramolecular Hbond substituents is 1. The number of benzene rings is 1. The lowest BCUT2D eigenvalue weighted by atomic mass is 10.1. The summed E-state index contributed by atoms with van der Waals surface area (Å²) in [5.74, 6) is -0.0186. The topological polar surface area (TPSA) is 69.6 Å². The second-order valence-corrected chi connectivity index (χ2v) is 3.79. The van der Waals surface area contributed by atoms with E-state index < -0.39 is 0 Å². The molecule has 1 aromatic rings. The van der Waals surface area contributed by atoms with Crippen LogP contribution in [0.3, 0.4) is 0 Å². The maximum atomic E-state index is 11.5. The fourth-order valence-electron chi connectivity index (χ4n) is 1.42. The van der Waals surface area contributed by atoms with Crippen LogP contribution in [0.25, 0.3) is 0 Å². The molecule has 0 bridgehead atoms. The van der Waals surface area contributed by atoms with Crippen LogP contribution in [0.1, 0.15) is 18.9 Å². The number of phenols is 1. The molecule has 0 saturated heterocycles. The van der Waals surface area contributed by atoms with Gasteiger partial charge in [0, 0.05) is 18.2 Å². The predicted molar refractivity (Wildman–Crippen MR) is 61.1 cm³/mol. The number of aromatic hydroxyl groups is 1. The maximum Gasteiger partial charge on any atom is 0.224 e. The summed E-state index contributed by atoms with van der Waals surface area (Å²) in [5, 5.41) is 20.9. The fourth-order valence-corrected chi connectivity index (χ4v) is 1.42. The lowest BCUT2D eigenvalue weighted by molar-refractivity contribution is -0.121. The first-order chi connectivity index (χ1) is 7.63. The van der Waals surface area contributed by atoms with E-state index in [0.29, 0.717) is 12.0 Å². The quantitative estimate of drug-likeness (QED) is 0.692. The van der Waals surface area contributed by atoms with E-state index in [2.05, 4.69) is 5.32 Å². The second-order valence-electron chi connectivity index (χ2n) is 3.79. The number of hydrogen-bond donors (Lipinski definition) is 3. The molecule has 0 aromatic heterocycles. The summed E-state index contributed by atoms with van der Waals surface area (Å²) in [4.78, 5) is 11.5. The average Bonchev–Trinajstić information content (AvgIpc) is 2.21. The van der Waals surface area contributed by atoms with Crippen molar-refractivity contribution in [3.63, 3.8) is 0 Å². The Morgan fingerprint density at radius 1 is 1.44 bits per heavy atom. The number of amides is 1. The molecule has 0 aliphatic carbocycles. The number of hydrogen-bond acceptors (Lipinski definition) is 3. The van der Waals surface area contributed by atoms with Crippen LogP contribution in [0.2, 0.25) is 0 Å². The summed E-state index contributed by atoms with van der Waals surface area (Å²) in [6.45, 7) is 1.89. The van der Waals surface area contributed by atoms with Crippen LogP contribution in [0.5, 0.6) is 5.75 Å². The molecule has 0 heterocycles. The molecule has 88 valence electrons. The highest BCUT2D eigenvalue weighted by molar-refractivity contribution is 5.79. The number of carbonyl (C=O) groups is 1. The van der Waals surface area contributed by atoms with Crippen molar-refractivity contribution in [3.8, 4) is 5.75 Å². The molecule has 0 radical (unpaired) electrons. The van der Waals surface area contributed by atoms with E-state index in [1.54, 1.807) is 24.3 Å². The van der Waals surface area contributed by atoms with Crippen molar-refractivity contribution >= 4 is 5.91 Å². The summed E-state index contributed by atoms with van der Waals surface area (Å²) < 4.78 is 0. The highest BCUT2D eigenvalue weighted by atomic mass is 16.3. The molecule has 1 rings (SSSR count). The Bertz CT molecular complexity index is 352. The molecule has 16 heavy (non-hydrogen) atoms. The Hall–Kier alpha value is -1.55. The van der Waals surface area contributed by atoms with Gasteiger partial charge in [-0.05, 0) is 19.4 Å². The van der Waals surface area contributed by atoms with Crippen LogP contribution in [-0.4, -0.2) is 28.8 Å². The van der Waals surface area contributed by atoms with Gasteiger partial charge in [0.15, 0.2) is 0 Å². The zero-order chi connectivity index (χ0) is 12.0. The third-order valence-corrected chi connectivity index (χ3v) is 2.31. The minimum absolute atomic E-state index is 0.0524. The molecule has 4 nitrogen and oxygen atoms in total. The molecule has 1 aromatic carbocycles. The number of para-hydroxylation sites is 1. The monoisotopic (exact) mass is 223 g/mol. The third-order valence-electron chi connectivity index (χ3n) is 2.31. The van der Waals surface area contributed by atoms with Crippen LogP contribution in [0.4, 0.5) is 0 Å². The fraction of sp³-hybridized carbons (Fsp3) is 0.417. The molecule has 1 unspecified atom stereocenters. The molecule has 0 saturated carbocycles. The van der Waals surface area contributed by atoms with E-state index in [9.17, 15) is 9.90 Å². The number of carbonyl (C=O) groups excluding carboxylic acids is 1. The zero-order valence-electron chi connectivity index (χ0n) is 9.31. The number of nitrogens with one attached hydrogen (secondary N) is 1. The van der Waals surface area contributed by atoms with E-state index in [1.165, 1.54) is 0 Å². The Balaban J connectivity index is 2.49. The molecule has 0 fully saturated rings. The van der Waals surface area contributed by atoms with E-state index in [-0.39, 0.29) is 30.7 Å². The predicted octanol–water partition coefficient (Wildman–Crippen LogP) is 0.822. The van der Waals surface area contributed by atoms with E-state index in [1.807, 2.05) is 6.92 Å². The summed E-state index contributed by atoms with van der Waals surface area (Å²) in [7, 11) is 0. The Morgan fingerprint density at radius 2 is 2.12 bits per heavy atom. The van der Waals surface area contributed by atoms with Crippen molar-refractivity contribution in [2.45, 2.75) is 25.8 Å². The molecule has 4 heteroatoms. The SMILES string of the molecule is CC(CCO)NC(=O)Cc1ccccc1O. The van der Waals surface area contributed by atoms with Crippen LogP contribution in [-0.2, 0) is 11.2 Å². The number of rotatable bonds is 5. The average molecular weight is 223 g/mol. The molecule has 1 atom stereocenters. The molecule has 0 aliphatic heterocycles. The molecule has 0 aliphatic rings. The zero-order valence-corrected chi connectivity index (χ0v) is 9.31. The van der Waals surface area contributed by atoms with Gasteiger partial charge >= 0.3 is 0 Å². The van der Waals surface area contributed by atoms with Crippen molar-refractivity contribution in [2.75, 3.05) is 6.61 Å². The van der Waals surface area contributed by atoms with Gasteiger partial charge in [-0.3, -0.25) is 4.79 Å². The molecule has 3 N–H and O–H groups in total. The smallest absolute Gasteiger partial charge is 0.224 e. The first-order valence-corrected chi connectivity index (χ1v) is 5.30. The lowest BCUT2D eigenvalue weighted by Gasteiger charge is -2.12. The van der Waals surface area contributed by atoms with Crippen LogP contribution in [0.15, 0.2) is 24.3 Å². The van der Waals surface area contributed by atoms with Gasteiger partial charge in [-0.2, -0.15) is 0 Å². The highest BCUT2D eigenvalue weighted by Crippen LogP contribution is 2.15. The van der Waals surface area contributed by atoms with Gasteiger partial charge in [-0.25, -0.2) is 0 Å².